The van der Waals surface area contributed by atoms with Crippen molar-refractivity contribution in [2.45, 2.75) is 6.92 Å². The number of anilines is 1. The highest BCUT2D eigenvalue weighted by Crippen LogP contribution is 2.18. The molecule has 0 saturated heterocycles. The maximum atomic E-state index is 12.4. The average molecular weight is 317 g/mol. The lowest BCUT2D eigenvalue weighted by Crippen LogP contribution is -2.12. The number of hydrogen-bond acceptors (Lipinski definition) is 3. The summed E-state index contributed by atoms with van der Waals surface area (Å²) in [6.07, 6.45) is 3.66. The molecule has 0 aliphatic heterocycles. The third-order valence-electron chi connectivity index (χ3n) is 3.91. The van der Waals surface area contributed by atoms with Gasteiger partial charge in [0.05, 0.1) is 5.52 Å². The summed E-state index contributed by atoms with van der Waals surface area (Å²) in [6, 6.07) is 15.2. The van der Waals surface area contributed by atoms with Crippen molar-refractivity contribution in [3.05, 3.63) is 72.4 Å². The molecule has 0 aliphatic rings. The highest BCUT2D eigenvalue weighted by molar-refractivity contribution is 6.11. The molecule has 2 N–H and O–H groups in total. The minimum Gasteiger partial charge on any atom is -0.321 e. The number of carbonyl (C=O) groups is 1. The Kier molecular flexibility index (Phi) is 3.35. The molecule has 0 spiro atoms. The van der Waals surface area contributed by atoms with E-state index in [0.29, 0.717) is 11.4 Å². The van der Waals surface area contributed by atoms with Gasteiger partial charge in [-0.15, -0.1) is 0 Å². The zero-order chi connectivity index (χ0) is 16.5. The molecule has 2 heterocycles. The fourth-order valence-electron chi connectivity index (χ4n) is 2.68. The SMILES string of the molecule is Cc1nccn1-c1ccc(NC(=O)c2n[nH]c3ccccc23)cc1. The zero-order valence-electron chi connectivity index (χ0n) is 13.0. The van der Waals surface area contributed by atoms with E-state index in [-0.39, 0.29) is 5.91 Å². The Morgan fingerprint density at radius 2 is 1.92 bits per heavy atom. The normalized spacial score (nSPS) is 10.9. The number of aryl methyl sites for hydroxylation is 1. The van der Waals surface area contributed by atoms with Crippen molar-refractivity contribution in [3.8, 4) is 5.69 Å². The molecule has 0 bridgehead atoms. The monoisotopic (exact) mass is 317 g/mol. The van der Waals surface area contributed by atoms with Crippen LogP contribution in [0.2, 0.25) is 0 Å². The summed E-state index contributed by atoms with van der Waals surface area (Å²) >= 11 is 0. The molecule has 2 aromatic carbocycles. The van der Waals surface area contributed by atoms with Crippen LogP contribution in [-0.2, 0) is 0 Å². The summed E-state index contributed by atoms with van der Waals surface area (Å²) in [5.74, 6) is 0.675. The number of aromatic amines is 1. The van der Waals surface area contributed by atoms with E-state index in [0.717, 1.165) is 22.4 Å². The van der Waals surface area contributed by atoms with Gasteiger partial charge in [0.2, 0.25) is 0 Å². The van der Waals surface area contributed by atoms with Gasteiger partial charge in [-0.3, -0.25) is 9.89 Å². The minimum atomic E-state index is -0.237. The number of para-hydroxylation sites is 1. The highest BCUT2D eigenvalue weighted by Gasteiger charge is 2.13. The second kappa shape index (κ2) is 5.66. The lowest BCUT2D eigenvalue weighted by atomic mass is 10.2. The third kappa shape index (κ3) is 2.44. The summed E-state index contributed by atoms with van der Waals surface area (Å²) in [4.78, 5) is 16.7. The first-order valence-electron chi connectivity index (χ1n) is 7.57. The Labute approximate surface area is 138 Å². The second-order valence-electron chi connectivity index (χ2n) is 5.46. The predicted octanol–water partition coefficient (Wildman–Crippen LogP) is 3.31. The molecule has 0 atom stereocenters. The minimum absolute atomic E-state index is 0.237. The molecule has 0 unspecified atom stereocenters. The number of benzene rings is 2. The number of hydrogen-bond donors (Lipinski definition) is 2. The number of amides is 1. The smallest absolute Gasteiger partial charge is 0.276 e. The standard InChI is InChI=1S/C18H15N5O/c1-12-19-10-11-23(12)14-8-6-13(7-9-14)20-18(24)17-15-4-2-3-5-16(15)21-22-17/h2-11H,1H3,(H,20,24)(H,21,22). The number of nitrogens with zero attached hydrogens (tertiary/aromatic N) is 3. The molecule has 6 heteroatoms. The predicted molar refractivity (Wildman–Crippen MR) is 92.3 cm³/mol. The van der Waals surface area contributed by atoms with Gasteiger partial charge in [0.1, 0.15) is 5.82 Å². The van der Waals surface area contributed by atoms with Gasteiger partial charge in [0, 0.05) is 29.2 Å². The second-order valence-corrected chi connectivity index (χ2v) is 5.46. The van der Waals surface area contributed by atoms with E-state index in [9.17, 15) is 4.79 Å². The van der Waals surface area contributed by atoms with Gasteiger partial charge < -0.3 is 9.88 Å². The van der Waals surface area contributed by atoms with E-state index in [1.54, 1.807) is 6.20 Å². The van der Waals surface area contributed by atoms with Gasteiger partial charge in [-0.05, 0) is 37.3 Å². The molecular weight excluding hydrogens is 302 g/mol. The molecule has 0 radical (unpaired) electrons. The number of aromatic nitrogens is 4. The van der Waals surface area contributed by atoms with Gasteiger partial charge in [-0.2, -0.15) is 5.10 Å². The topological polar surface area (TPSA) is 75.6 Å². The van der Waals surface area contributed by atoms with Crippen LogP contribution in [0.15, 0.2) is 60.9 Å². The van der Waals surface area contributed by atoms with Crippen LogP contribution in [0.1, 0.15) is 16.3 Å². The quantitative estimate of drug-likeness (QED) is 0.608. The number of rotatable bonds is 3. The summed E-state index contributed by atoms with van der Waals surface area (Å²) in [5, 5.41) is 10.7. The van der Waals surface area contributed by atoms with E-state index >= 15 is 0 Å². The fraction of sp³-hybridized carbons (Fsp3) is 0.0556. The zero-order valence-corrected chi connectivity index (χ0v) is 13.0. The van der Waals surface area contributed by atoms with Crippen LogP contribution in [0.5, 0.6) is 0 Å². The van der Waals surface area contributed by atoms with Crippen LogP contribution in [0.4, 0.5) is 5.69 Å². The Hall–Kier alpha value is -3.41. The lowest BCUT2D eigenvalue weighted by Gasteiger charge is -2.07. The molecule has 118 valence electrons. The number of H-pyrrole nitrogens is 1. The third-order valence-corrected chi connectivity index (χ3v) is 3.91. The molecule has 2 aromatic heterocycles. The van der Waals surface area contributed by atoms with Crippen LogP contribution in [0, 0.1) is 6.92 Å². The van der Waals surface area contributed by atoms with Gasteiger partial charge in [-0.1, -0.05) is 18.2 Å². The van der Waals surface area contributed by atoms with E-state index in [1.807, 2.05) is 66.2 Å². The Balaban J connectivity index is 1.57. The summed E-state index contributed by atoms with van der Waals surface area (Å²) in [5.41, 5.74) is 2.94. The van der Waals surface area contributed by atoms with E-state index < -0.39 is 0 Å². The van der Waals surface area contributed by atoms with E-state index in [2.05, 4.69) is 20.5 Å². The molecule has 0 saturated carbocycles. The number of fused-ring (bicyclic) bond motifs is 1. The molecule has 4 aromatic rings. The molecular formula is C18H15N5O. The Bertz CT molecular complexity index is 1010. The number of nitrogens with one attached hydrogen (secondary N) is 2. The summed E-state index contributed by atoms with van der Waals surface area (Å²) in [6.45, 7) is 1.94. The largest absolute Gasteiger partial charge is 0.321 e. The van der Waals surface area contributed by atoms with Crippen LogP contribution < -0.4 is 5.32 Å². The van der Waals surface area contributed by atoms with Crippen LogP contribution in [0.25, 0.3) is 16.6 Å². The maximum Gasteiger partial charge on any atom is 0.276 e. The number of carbonyl (C=O) groups excluding carboxylic acids is 1. The fourth-order valence-corrected chi connectivity index (χ4v) is 2.68. The maximum absolute atomic E-state index is 12.4. The van der Waals surface area contributed by atoms with Gasteiger partial charge in [-0.25, -0.2) is 4.98 Å². The van der Waals surface area contributed by atoms with Crippen molar-refractivity contribution in [1.29, 1.82) is 0 Å². The van der Waals surface area contributed by atoms with E-state index in [4.69, 9.17) is 0 Å². The van der Waals surface area contributed by atoms with Crippen molar-refractivity contribution in [2.75, 3.05) is 5.32 Å². The van der Waals surface area contributed by atoms with Crippen LogP contribution in [-0.4, -0.2) is 25.7 Å². The van der Waals surface area contributed by atoms with Gasteiger partial charge in [0.25, 0.3) is 5.91 Å². The van der Waals surface area contributed by atoms with Crippen molar-refractivity contribution in [1.82, 2.24) is 19.7 Å². The average Bonchev–Trinajstić information content (AvgIpc) is 3.22. The molecule has 1 amide bonds. The van der Waals surface area contributed by atoms with Gasteiger partial charge in [0.15, 0.2) is 5.69 Å². The highest BCUT2D eigenvalue weighted by atomic mass is 16.1. The Morgan fingerprint density at radius 3 is 2.67 bits per heavy atom. The molecule has 0 fully saturated rings. The van der Waals surface area contributed by atoms with Crippen molar-refractivity contribution in [2.24, 2.45) is 0 Å². The van der Waals surface area contributed by atoms with Gasteiger partial charge >= 0.3 is 0 Å². The first-order chi connectivity index (χ1) is 11.7. The van der Waals surface area contributed by atoms with Crippen molar-refractivity contribution < 1.29 is 4.79 Å². The van der Waals surface area contributed by atoms with Crippen LogP contribution >= 0.6 is 0 Å². The molecule has 0 aliphatic carbocycles. The van der Waals surface area contributed by atoms with E-state index in [1.165, 1.54) is 0 Å². The molecule has 24 heavy (non-hydrogen) atoms. The first-order valence-corrected chi connectivity index (χ1v) is 7.57. The molecule has 6 nitrogen and oxygen atoms in total. The summed E-state index contributed by atoms with van der Waals surface area (Å²) < 4.78 is 1.98. The van der Waals surface area contributed by atoms with Crippen molar-refractivity contribution >= 4 is 22.5 Å². The lowest BCUT2D eigenvalue weighted by molar-refractivity contribution is 0.102. The Morgan fingerprint density at radius 1 is 1.12 bits per heavy atom. The van der Waals surface area contributed by atoms with Crippen molar-refractivity contribution in [3.63, 3.8) is 0 Å². The molecule has 4 rings (SSSR count). The first kappa shape index (κ1) is 14.2. The van der Waals surface area contributed by atoms with Crippen LogP contribution in [0.3, 0.4) is 0 Å². The summed E-state index contributed by atoms with van der Waals surface area (Å²) in [7, 11) is 0. The number of imidazole rings is 1.